The molecule has 0 N–H and O–H groups in total. The normalized spacial score (nSPS) is 12.3. The first-order valence-corrected chi connectivity index (χ1v) is 8.98. The van der Waals surface area contributed by atoms with Crippen LogP contribution in [0.25, 0.3) is 0 Å². The van der Waals surface area contributed by atoms with Crippen LogP contribution in [-0.4, -0.2) is 16.4 Å². The van der Waals surface area contributed by atoms with E-state index in [9.17, 15) is 4.39 Å². The molecule has 0 aliphatic carbocycles. The molecule has 0 spiro atoms. The summed E-state index contributed by atoms with van der Waals surface area (Å²) in [7, 11) is 0. The highest BCUT2D eigenvalue weighted by atomic mass is 19.1. The topological polar surface area (TPSA) is 37.6 Å². The van der Waals surface area contributed by atoms with E-state index >= 15 is 0 Å². The number of para-hydroxylation sites is 1. The fraction of sp³-hybridized carbons (Fsp3) is 0.174. The molecule has 0 saturated heterocycles. The highest BCUT2D eigenvalue weighted by Crippen LogP contribution is 2.20. The number of benzene rings is 2. The molecule has 0 fully saturated rings. The second-order valence-corrected chi connectivity index (χ2v) is 6.26. The number of aryl methyl sites for hydroxylation is 1. The highest BCUT2D eigenvalue weighted by Gasteiger charge is 2.06. The summed E-state index contributed by atoms with van der Waals surface area (Å²) >= 11 is 0. The minimum absolute atomic E-state index is 0.272. The van der Waals surface area contributed by atoms with Crippen LogP contribution in [0.2, 0.25) is 0 Å². The zero-order valence-corrected chi connectivity index (χ0v) is 15.8. The molecule has 3 aromatic rings. The van der Waals surface area contributed by atoms with Gasteiger partial charge in [-0.15, -0.1) is 0 Å². The Balaban J connectivity index is 1.90. The van der Waals surface area contributed by atoms with Gasteiger partial charge in [0.25, 0.3) is 0 Å². The van der Waals surface area contributed by atoms with Gasteiger partial charge in [-0.2, -0.15) is 0 Å². The van der Waals surface area contributed by atoms with Crippen molar-refractivity contribution in [1.29, 1.82) is 0 Å². The lowest BCUT2D eigenvalue weighted by atomic mass is 10.1. The predicted molar refractivity (Wildman–Crippen MR) is 110 cm³/mol. The number of rotatable bonds is 5. The molecule has 3 nitrogen and oxygen atoms in total. The van der Waals surface area contributed by atoms with Crippen molar-refractivity contribution in [3.63, 3.8) is 0 Å². The fourth-order valence-electron chi connectivity index (χ4n) is 2.76. The first kappa shape index (κ1) is 18.6. The monoisotopic (exact) mass is 359 g/mol. The van der Waals surface area contributed by atoms with Crippen LogP contribution in [0.4, 0.5) is 15.8 Å². The largest absolute Gasteiger partial charge is 0.252 e. The van der Waals surface area contributed by atoms with Crippen LogP contribution in [0.5, 0.6) is 0 Å². The molecular formula is C23H22FN3. The summed E-state index contributed by atoms with van der Waals surface area (Å²) in [6, 6.07) is 20.1. The van der Waals surface area contributed by atoms with Gasteiger partial charge in [0.05, 0.1) is 34.2 Å². The fourth-order valence-corrected chi connectivity index (χ4v) is 2.76. The quantitative estimate of drug-likeness (QED) is 0.510. The Morgan fingerprint density at radius 3 is 2.11 bits per heavy atom. The van der Waals surface area contributed by atoms with E-state index in [1.54, 1.807) is 12.1 Å². The van der Waals surface area contributed by atoms with E-state index in [1.165, 1.54) is 17.7 Å². The van der Waals surface area contributed by atoms with Gasteiger partial charge in [0, 0.05) is 0 Å². The van der Waals surface area contributed by atoms with Crippen molar-refractivity contribution in [3.05, 3.63) is 89.5 Å². The van der Waals surface area contributed by atoms with E-state index < -0.39 is 0 Å². The summed E-state index contributed by atoms with van der Waals surface area (Å²) in [5.41, 5.74) is 6.09. The van der Waals surface area contributed by atoms with Gasteiger partial charge in [0.15, 0.2) is 0 Å². The van der Waals surface area contributed by atoms with Gasteiger partial charge in [-0.25, -0.2) is 9.37 Å². The van der Waals surface area contributed by atoms with Crippen molar-refractivity contribution < 1.29 is 4.39 Å². The molecule has 0 atom stereocenters. The van der Waals surface area contributed by atoms with Gasteiger partial charge in [-0.05, 0) is 68.3 Å². The van der Waals surface area contributed by atoms with Crippen molar-refractivity contribution in [2.45, 2.75) is 27.2 Å². The Kier molecular flexibility index (Phi) is 5.87. The highest BCUT2D eigenvalue weighted by molar-refractivity contribution is 6.02. The first-order valence-electron chi connectivity index (χ1n) is 8.98. The molecule has 0 unspecified atom stereocenters. The molecular weight excluding hydrogens is 337 g/mol. The van der Waals surface area contributed by atoms with Crippen molar-refractivity contribution >= 4 is 22.8 Å². The SMILES string of the molecule is CCc1ccccc1N=C(C)c1cccc(C(C)=Nc2ccc(F)cc2)n1. The molecule has 3 rings (SSSR count). The number of hydrogen-bond donors (Lipinski definition) is 0. The number of halogens is 1. The van der Waals surface area contributed by atoms with Crippen molar-refractivity contribution in [2.24, 2.45) is 9.98 Å². The van der Waals surface area contributed by atoms with Crippen LogP contribution in [0.15, 0.2) is 76.7 Å². The summed E-state index contributed by atoms with van der Waals surface area (Å²) in [6.07, 6.45) is 0.934. The number of aliphatic imine (C=N–C) groups is 2. The third kappa shape index (κ3) is 4.73. The zero-order valence-electron chi connectivity index (χ0n) is 15.8. The Morgan fingerprint density at radius 2 is 1.44 bits per heavy atom. The summed E-state index contributed by atoms with van der Waals surface area (Å²) in [4.78, 5) is 14.0. The zero-order chi connectivity index (χ0) is 19.2. The maximum absolute atomic E-state index is 13.0. The average Bonchev–Trinajstić information content (AvgIpc) is 2.70. The molecule has 0 radical (unpaired) electrons. The number of hydrogen-bond acceptors (Lipinski definition) is 3. The summed E-state index contributed by atoms with van der Waals surface area (Å²) in [5, 5.41) is 0. The second kappa shape index (κ2) is 8.49. The third-order valence-corrected chi connectivity index (χ3v) is 4.27. The van der Waals surface area contributed by atoms with E-state index in [0.717, 1.165) is 34.9 Å². The maximum Gasteiger partial charge on any atom is 0.123 e. The lowest BCUT2D eigenvalue weighted by Gasteiger charge is -2.07. The summed E-state index contributed by atoms with van der Waals surface area (Å²) < 4.78 is 13.0. The molecule has 0 aliphatic heterocycles. The van der Waals surface area contributed by atoms with Gasteiger partial charge < -0.3 is 0 Å². The molecule has 27 heavy (non-hydrogen) atoms. The van der Waals surface area contributed by atoms with Gasteiger partial charge in [0.1, 0.15) is 5.82 Å². The van der Waals surface area contributed by atoms with Crippen LogP contribution in [0.3, 0.4) is 0 Å². The van der Waals surface area contributed by atoms with E-state index in [1.807, 2.05) is 50.2 Å². The molecule has 1 aromatic heterocycles. The van der Waals surface area contributed by atoms with Crippen LogP contribution in [0.1, 0.15) is 37.7 Å². The summed E-state index contributed by atoms with van der Waals surface area (Å²) in [5.74, 6) is -0.272. The standard InChI is InChI=1S/C23H22FN3/c1-4-18-8-5-6-9-23(18)26-17(3)22-11-7-10-21(27-22)16(2)25-20-14-12-19(24)13-15-20/h5-15H,4H2,1-3H3. The van der Waals surface area contributed by atoms with Crippen molar-refractivity contribution in [1.82, 2.24) is 4.98 Å². The van der Waals surface area contributed by atoms with Crippen molar-refractivity contribution in [3.8, 4) is 0 Å². The molecule has 1 heterocycles. The minimum atomic E-state index is -0.272. The van der Waals surface area contributed by atoms with Crippen molar-refractivity contribution in [2.75, 3.05) is 0 Å². The number of aromatic nitrogens is 1. The molecule has 0 amide bonds. The molecule has 4 heteroatoms. The molecule has 136 valence electrons. The summed E-state index contributed by atoms with van der Waals surface area (Å²) in [6.45, 7) is 5.98. The van der Waals surface area contributed by atoms with Gasteiger partial charge >= 0.3 is 0 Å². The number of nitrogens with zero attached hydrogens (tertiary/aromatic N) is 3. The first-order chi connectivity index (χ1) is 13.1. The third-order valence-electron chi connectivity index (χ3n) is 4.27. The molecule has 0 bridgehead atoms. The van der Waals surface area contributed by atoms with Crippen LogP contribution in [-0.2, 0) is 6.42 Å². The Bertz CT molecular complexity index is 989. The average molecular weight is 359 g/mol. The predicted octanol–water partition coefficient (Wildman–Crippen LogP) is 6.06. The smallest absolute Gasteiger partial charge is 0.123 e. The second-order valence-electron chi connectivity index (χ2n) is 6.26. The molecule has 0 aliphatic rings. The van der Waals surface area contributed by atoms with Gasteiger partial charge in [-0.1, -0.05) is 31.2 Å². The Hall–Kier alpha value is -3.14. The Morgan fingerprint density at radius 1 is 0.815 bits per heavy atom. The van der Waals surface area contributed by atoms with Crippen LogP contribution in [0, 0.1) is 5.82 Å². The molecule has 0 saturated carbocycles. The van der Waals surface area contributed by atoms with Crippen LogP contribution >= 0.6 is 0 Å². The maximum atomic E-state index is 13.0. The van der Waals surface area contributed by atoms with Gasteiger partial charge in [-0.3, -0.25) is 9.98 Å². The Labute approximate surface area is 159 Å². The van der Waals surface area contributed by atoms with Gasteiger partial charge in [0.2, 0.25) is 0 Å². The lowest BCUT2D eigenvalue weighted by molar-refractivity contribution is 0.628. The van der Waals surface area contributed by atoms with E-state index in [4.69, 9.17) is 9.98 Å². The number of pyridine rings is 1. The molecule has 2 aromatic carbocycles. The van der Waals surface area contributed by atoms with E-state index in [-0.39, 0.29) is 5.82 Å². The lowest BCUT2D eigenvalue weighted by Crippen LogP contribution is -2.05. The minimum Gasteiger partial charge on any atom is -0.252 e. The van der Waals surface area contributed by atoms with Crippen LogP contribution < -0.4 is 0 Å². The van der Waals surface area contributed by atoms with E-state index in [0.29, 0.717) is 5.69 Å². The van der Waals surface area contributed by atoms with E-state index in [2.05, 4.69) is 18.0 Å².